The first-order valence-corrected chi connectivity index (χ1v) is 9.36. The third-order valence-corrected chi connectivity index (χ3v) is 4.60. The highest BCUT2D eigenvalue weighted by Crippen LogP contribution is 2.24. The van der Waals surface area contributed by atoms with Gasteiger partial charge in [0.05, 0.1) is 7.11 Å². The quantitative estimate of drug-likeness (QED) is 0.602. The lowest BCUT2D eigenvalue weighted by atomic mass is 10.1. The van der Waals surface area contributed by atoms with Crippen molar-refractivity contribution in [2.75, 3.05) is 12.4 Å². The van der Waals surface area contributed by atoms with Crippen molar-refractivity contribution in [3.8, 4) is 11.5 Å². The third kappa shape index (κ3) is 4.71. The van der Waals surface area contributed by atoms with Crippen LogP contribution in [0.25, 0.3) is 0 Å². The molecule has 0 bridgehead atoms. The van der Waals surface area contributed by atoms with E-state index in [-0.39, 0.29) is 5.91 Å². The van der Waals surface area contributed by atoms with Crippen molar-refractivity contribution in [3.63, 3.8) is 0 Å². The average molecular weight is 375 g/mol. The van der Waals surface area contributed by atoms with Gasteiger partial charge in [-0.2, -0.15) is 0 Å². The number of amides is 1. The molecule has 0 radical (unpaired) electrons. The maximum atomic E-state index is 12.8. The Hall–Kier alpha value is -3.27. The summed E-state index contributed by atoms with van der Waals surface area (Å²) in [4.78, 5) is 12.8. The fraction of sp³-hybridized carbons (Fsp3) is 0.208. The van der Waals surface area contributed by atoms with E-state index >= 15 is 0 Å². The van der Waals surface area contributed by atoms with Gasteiger partial charge in [-0.3, -0.25) is 4.79 Å². The van der Waals surface area contributed by atoms with Crippen LogP contribution in [0.2, 0.25) is 0 Å². The Morgan fingerprint density at radius 1 is 0.964 bits per heavy atom. The first-order valence-electron chi connectivity index (χ1n) is 9.36. The number of hydrogen-bond donors (Lipinski definition) is 1. The number of carbonyl (C=O) groups excluding carboxylic acids is 1. The van der Waals surface area contributed by atoms with E-state index in [2.05, 4.69) is 12.2 Å². The van der Waals surface area contributed by atoms with Crippen molar-refractivity contribution in [3.05, 3.63) is 89.0 Å². The van der Waals surface area contributed by atoms with E-state index in [1.165, 1.54) is 5.56 Å². The van der Waals surface area contributed by atoms with E-state index in [0.29, 0.717) is 17.9 Å². The Morgan fingerprint density at radius 3 is 2.43 bits per heavy atom. The van der Waals surface area contributed by atoms with Gasteiger partial charge in [0.25, 0.3) is 5.91 Å². The summed E-state index contributed by atoms with van der Waals surface area (Å²) in [5.74, 6) is 1.32. The number of aryl methyl sites for hydroxylation is 2. The highest BCUT2D eigenvalue weighted by molar-refractivity contribution is 6.04. The molecule has 0 heterocycles. The molecule has 3 aromatic carbocycles. The largest absolute Gasteiger partial charge is 0.496 e. The molecule has 0 fully saturated rings. The second-order valence-corrected chi connectivity index (χ2v) is 6.59. The number of hydrogen-bond acceptors (Lipinski definition) is 3. The van der Waals surface area contributed by atoms with Gasteiger partial charge < -0.3 is 14.8 Å². The molecule has 4 heteroatoms. The first kappa shape index (κ1) is 19.5. The Kier molecular flexibility index (Phi) is 6.33. The van der Waals surface area contributed by atoms with Gasteiger partial charge in [-0.15, -0.1) is 0 Å². The predicted octanol–water partition coefficient (Wildman–Crippen LogP) is 5.40. The van der Waals surface area contributed by atoms with Crippen LogP contribution in [0.4, 0.5) is 5.69 Å². The summed E-state index contributed by atoms with van der Waals surface area (Å²) in [7, 11) is 1.61. The fourth-order valence-electron chi connectivity index (χ4n) is 2.97. The second-order valence-electron chi connectivity index (χ2n) is 6.59. The fourth-order valence-corrected chi connectivity index (χ4v) is 2.97. The number of rotatable bonds is 7. The molecule has 144 valence electrons. The van der Waals surface area contributed by atoms with Crippen LogP contribution >= 0.6 is 0 Å². The monoisotopic (exact) mass is 375 g/mol. The summed E-state index contributed by atoms with van der Waals surface area (Å²) < 4.78 is 11.3. The Balaban J connectivity index is 1.77. The lowest BCUT2D eigenvalue weighted by Gasteiger charge is -2.13. The predicted molar refractivity (Wildman–Crippen MR) is 112 cm³/mol. The molecule has 4 nitrogen and oxygen atoms in total. The number of methoxy groups -OCH3 is 1. The smallest absolute Gasteiger partial charge is 0.255 e. The molecule has 0 atom stereocenters. The molecule has 0 spiro atoms. The van der Waals surface area contributed by atoms with Crippen LogP contribution in [-0.2, 0) is 13.0 Å². The molecule has 0 aliphatic carbocycles. The maximum Gasteiger partial charge on any atom is 0.255 e. The number of carbonyl (C=O) groups is 1. The SMILES string of the molecule is CCc1ccccc1NC(=O)c1ccc(OC)c(COc2ccc(C)cc2)c1. The highest BCUT2D eigenvalue weighted by atomic mass is 16.5. The molecule has 0 aliphatic heterocycles. The Labute approximate surface area is 166 Å². The topological polar surface area (TPSA) is 47.6 Å². The van der Waals surface area contributed by atoms with Gasteiger partial charge in [0.15, 0.2) is 0 Å². The van der Waals surface area contributed by atoms with Gasteiger partial charge in [-0.05, 0) is 55.3 Å². The molecule has 3 aromatic rings. The third-order valence-electron chi connectivity index (χ3n) is 4.60. The van der Waals surface area contributed by atoms with Crippen LogP contribution in [-0.4, -0.2) is 13.0 Å². The van der Waals surface area contributed by atoms with E-state index in [9.17, 15) is 4.79 Å². The van der Waals surface area contributed by atoms with Gasteiger partial charge >= 0.3 is 0 Å². The van der Waals surface area contributed by atoms with Crippen LogP contribution in [0, 0.1) is 6.92 Å². The summed E-state index contributed by atoms with van der Waals surface area (Å²) in [5, 5.41) is 3.00. The van der Waals surface area contributed by atoms with Crippen LogP contribution in [0.5, 0.6) is 11.5 Å². The van der Waals surface area contributed by atoms with E-state index in [4.69, 9.17) is 9.47 Å². The van der Waals surface area contributed by atoms with Crippen LogP contribution < -0.4 is 14.8 Å². The molecule has 3 rings (SSSR count). The molecule has 28 heavy (non-hydrogen) atoms. The number of nitrogens with one attached hydrogen (secondary N) is 1. The summed E-state index contributed by atoms with van der Waals surface area (Å²) in [6, 6.07) is 21.1. The summed E-state index contributed by atoms with van der Waals surface area (Å²) in [5.41, 5.74) is 4.50. The standard InChI is InChI=1S/C24H25NO3/c1-4-18-7-5-6-8-22(18)25-24(26)19-11-14-23(27-3)20(15-19)16-28-21-12-9-17(2)10-13-21/h5-15H,4,16H2,1-3H3,(H,25,26). The number of anilines is 1. The number of ether oxygens (including phenoxy) is 2. The normalized spacial score (nSPS) is 10.4. The second kappa shape index (κ2) is 9.09. The minimum atomic E-state index is -0.153. The number of benzene rings is 3. The van der Waals surface area contributed by atoms with E-state index in [0.717, 1.165) is 29.0 Å². The van der Waals surface area contributed by atoms with Gasteiger partial charge in [-0.1, -0.05) is 42.8 Å². The van der Waals surface area contributed by atoms with Gasteiger partial charge in [0, 0.05) is 16.8 Å². The van der Waals surface area contributed by atoms with E-state index in [1.54, 1.807) is 19.2 Å². The average Bonchev–Trinajstić information content (AvgIpc) is 2.73. The summed E-state index contributed by atoms with van der Waals surface area (Å²) >= 11 is 0. The van der Waals surface area contributed by atoms with Crippen molar-refractivity contribution >= 4 is 11.6 Å². The molecular weight excluding hydrogens is 350 g/mol. The van der Waals surface area contributed by atoms with Crippen molar-refractivity contribution in [1.29, 1.82) is 0 Å². The van der Waals surface area contributed by atoms with Crippen molar-refractivity contribution in [2.45, 2.75) is 26.9 Å². The zero-order valence-electron chi connectivity index (χ0n) is 16.5. The van der Waals surface area contributed by atoms with Gasteiger partial charge in [0.2, 0.25) is 0 Å². The lowest BCUT2D eigenvalue weighted by Crippen LogP contribution is -2.14. The van der Waals surface area contributed by atoms with Crippen LogP contribution in [0.15, 0.2) is 66.7 Å². The summed E-state index contributed by atoms with van der Waals surface area (Å²) in [6.07, 6.45) is 0.856. The van der Waals surface area contributed by atoms with E-state index in [1.807, 2.05) is 61.5 Å². The maximum absolute atomic E-state index is 12.8. The molecule has 1 N–H and O–H groups in total. The van der Waals surface area contributed by atoms with Gasteiger partial charge in [0.1, 0.15) is 18.1 Å². The highest BCUT2D eigenvalue weighted by Gasteiger charge is 2.12. The minimum absolute atomic E-state index is 0.153. The van der Waals surface area contributed by atoms with Crippen LogP contribution in [0.1, 0.15) is 34.0 Å². The molecule has 0 aromatic heterocycles. The lowest BCUT2D eigenvalue weighted by molar-refractivity contribution is 0.102. The van der Waals surface area contributed by atoms with E-state index < -0.39 is 0 Å². The molecular formula is C24H25NO3. The van der Waals surface area contributed by atoms with Crippen molar-refractivity contribution < 1.29 is 14.3 Å². The van der Waals surface area contributed by atoms with Crippen molar-refractivity contribution in [1.82, 2.24) is 0 Å². The van der Waals surface area contributed by atoms with Crippen LogP contribution in [0.3, 0.4) is 0 Å². The van der Waals surface area contributed by atoms with Crippen molar-refractivity contribution in [2.24, 2.45) is 0 Å². The molecule has 0 saturated heterocycles. The Morgan fingerprint density at radius 2 is 1.71 bits per heavy atom. The number of para-hydroxylation sites is 1. The molecule has 0 unspecified atom stereocenters. The zero-order valence-corrected chi connectivity index (χ0v) is 16.5. The minimum Gasteiger partial charge on any atom is -0.496 e. The van der Waals surface area contributed by atoms with Gasteiger partial charge in [-0.25, -0.2) is 0 Å². The zero-order chi connectivity index (χ0) is 19.9. The first-order chi connectivity index (χ1) is 13.6. The molecule has 1 amide bonds. The summed E-state index contributed by atoms with van der Waals surface area (Å²) in [6.45, 7) is 4.42. The molecule has 0 saturated carbocycles. The molecule has 0 aliphatic rings. The Bertz CT molecular complexity index is 948.